The molecule has 0 fully saturated rings. The fourth-order valence-electron chi connectivity index (χ4n) is 2.34. The zero-order valence-corrected chi connectivity index (χ0v) is 12.7. The minimum absolute atomic E-state index is 0.287. The summed E-state index contributed by atoms with van der Waals surface area (Å²) < 4.78 is 15.8. The lowest BCUT2D eigenvalue weighted by molar-refractivity contribution is 0.619. The smallest absolute Gasteiger partial charge is 0.205 e. The van der Waals surface area contributed by atoms with Gasteiger partial charge in [0.1, 0.15) is 5.82 Å². The Morgan fingerprint density at radius 3 is 2.70 bits per heavy atom. The molecule has 0 saturated heterocycles. The monoisotopic (exact) mass is 333 g/mol. The number of benzene rings is 2. The molecule has 0 bridgehead atoms. The molecule has 2 N–H and O–H groups in total. The van der Waals surface area contributed by atoms with Crippen molar-refractivity contribution in [3.05, 3.63) is 51.7 Å². The molecule has 0 aliphatic carbocycles. The number of nitrogens with two attached hydrogens (primary N) is 1. The molecule has 3 rings (SSSR count). The van der Waals surface area contributed by atoms with E-state index in [0.717, 1.165) is 27.8 Å². The van der Waals surface area contributed by atoms with Gasteiger partial charge in [-0.2, -0.15) is 0 Å². The van der Waals surface area contributed by atoms with E-state index >= 15 is 0 Å². The quantitative estimate of drug-likeness (QED) is 0.727. The summed E-state index contributed by atoms with van der Waals surface area (Å²) in [6, 6.07) is 9.18. The van der Waals surface area contributed by atoms with Gasteiger partial charge in [0.2, 0.25) is 5.95 Å². The van der Waals surface area contributed by atoms with Crippen LogP contribution in [0.1, 0.15) is 11.1 Å². The minimum atomic E-state index is -0.287. The lowest BCUT2D eigenvalue weighted by Gasteiger charge is -2.11. The highest BCUT2D eigenvalue weighted by molar-refractivity contribution is 9.10. The van der Waals surface area contributed by atoms with Gasteiger partial charge in [-0.25, -0.2) is 9.37 Å². The predicted octanol–water partition coefficient (Wildman–Crippen LogP) is 4.13. The molecular formula is C15H13BrFN3. The Hall–Kier alpha value is -1.88. The van der Waals surface area contributed by atoms with Gasteiger partial charge in [0.05, 0.1) is 21.2 Å². The second-order valence-electron chi connectivity index (χ2n) is 4.85. The summed E-state index contributed by atoms with van der Waals surface area (Å²) in [6.07, 6.45) is 0. The average Bonchev–Trinajstić information content (AvgIpc) is 2.69. The van der Waals surface area contributed by atoms with E-state index in [1.54, 1.807) is 6.07 Å². The Bertz CT molecular complexity index is 824. The number of aryl methyl sites for hydroxylation is 2. The van der Waals surface area contributed by atoms with Crippen LogP contribution in [0.15, 0.2) is 34.8 Å². The lowest BCUT2D eigenvalue weighted by Crippen LogP contribution is -2.03. The van der Waals surface area contributed by atoms with Crippen molar-refractivity contribution in [2.75, 3.05) is 5.73 Å². The standard InChI is InChI=1S/C15H13BrFN3/c1-8-3-4-13-12(5-8)19-15(18)20(13)14-7-10(16)11(17)6-9(14)2/h3-7H,1-2H3,(H2,18,19). The fourth-order valence-corrected chi connectivity index (χ4v) is 2.67. The van der Waals surface area contributed by atoms with Crippen LogP contribution in [0.25, 0.3) is 16.7 Å². The molecule has 20 heavy (non-hydrogen) atoms. The fraction of sp³-hybridized carbons (Fsp3) is 0.133. The number of hydrogen-bond donors (Lipinski definition) is 1. The molecule has 0 aliphatic rings. The van der Waals surface area contributed by atoms with Crippen LogP contribution < -0.4 is 5.73 Å². The zero-order chi connectivity index (χ0) is 14.4. The molecule has 0 aliphatic heterocycles. The number of aromatic nitrogens is 2. The lowest BCUT2D eigenvalue weighted by atomic mass is 10.1. The predicted molar refractivity (Wildman–Crippen MR) is 82.6 cm³/mol. The van der Waals surface area contributed by atoms with Crippen molar-refractivity contribution >= 4 is 32.9 Å². The van der Waals surface area contributed by atoms with Gasteiger partial charge in [0.25, 0.3) is 0 Å². The van der Waals surface area contributed by atoms with Gasteiger partial charge in [-0.15, -0.1) is 0 Å². The molecular weight excluding hydrogens is 321 g/mol. The summed E-state index contributed by atoms with van der Waals surface area (Å²) in [5, 5.41) is 0. The summed E-state index contributed by atoms with van der Waals surface area (Å²) in [7, 11) is 0. The Kier molecular flexibility index (Phi) is 3.01. The molecule has 0 unspecified atom stereocenters. The molecule has 1 heterocycles. The SMILES string of the molecule is Cc1ccc2c(c1)nc(N)n2-c1cc(Br)c(F)cc1C. The van der Waals surface area contributed by atoms with Gasteiger partial charge < -0.3 is 5.73 Å². The Balaban J connectivity index is 2.35. The third kappa shape index (κ3) is 1.98. The molecule has 3 aromatic rings. The zero-order valence-electron chi connectivity index (χ0n) is 11.1. The molecule has 5 heteroatoms. The molecule has 1 aromatic heterocycles. The van der Waals surface area contributed by atoms with Gasteiger partial charge in [0.15, 0.2) is 0 Å². The van der Waals surface area contributed by atoms with Crippen LogP contribution in [-0.4, -0.2) is 9.55 Å². The van der Waals surface area contributed by atoms with Gasteiger partial charge in [-0.3, -0.25) is 4.57 Å². The summed E-state index contributed by atoms with van der Waals surface area (Å²) in [6.45, 7) is 3.86. The van der Waals surface area contributed by atoms with E-state index in [1.807, 2.05) is 36.6 Å². The van der Waals surface area contributed by atoms with E-state index in [2.05, 4.69) is 20.9 Å². The van der Waals surface area contributed by atoms with E-state index in [1.165, 1.54) is 6.07 Å². The van der Waals surface area contributed by atoms with E-state index in [-0.39, 0.29) is 5.82 Å². The van der Waals surface area contributed by atoms with Crippen LogP contribution in [0.2, 0.25) is 0 Å². The number of fused-ring (bicyclic) bond motifs is 1. The molecule has 0 atom stereocenters. The number of imidazole rings is 1. The second-order valence-corrected chi connectivity index (χ2v) is 5.70. The number of anilines is 1. The van der Waals surface area contributed by atoms with Crippen molar-refractivity contribution in [2.24, 2.45) is 0 Å². The average molecular weight is 334 g/mol. The highest BCUT2D eigenvalue weighted by atomic mass is 79.9. The Morgan fingerprint density at radius 2 is 1.95 bits per heavy atom. The maximum atomic E-state index is 13.6. The largest absolute Gasteiger partial charge is 0.369 e. The van der Waals surface area contributed by atoms with E-state index in [0.29, 0.717) is 10.4 Å². The van der Waals surface area contributed by atoms with Crippen molar-refractivity contribution < 1.29 is 4.39 Å². The van der Waals surface area contributed by atoms with Gasteiger partial charge in [-0.05, 0) is 65.2 Å². The Labute approximate surface area is 124 Å². The third-order valence-corrected chi connectivity index (χ3v) is 3.92. The van der Waals surface area contributed by atoms with Crippen LogP contribution in [0.5, 0.6) is 0 Å². The molecule has 0 amide bonds. The molecule has 0 saturated carbocycles. The van der Waals surface area contributed by atoms with E-state index in [4.69, 9.17) is 5.73 Å². The first-order valence-electron chi connectivity index (χ1n) is 6.18. The van der Waals surface area contributed by atoms with Gasteiger partial charge in [-0.1, -0.05) is 6.07 Å². The maximum absolute atomic E-state index is 13.6. The second kappa shape index (κ2) is 4.59. The number of rotatable bonds is 1. The molecule has 2 aromatic carbocycles. The van der Waals surface area contributed by atoms with Crippen molar-refractivity contribution in [2.45, 2.75) is 13.8 Å². The summed E-state index contributed by atoms with van der Waals surface area (Å²) in [4.78, 5) is 4.38. The summed E-state index contributed by atoms with van der Waals surface area (Å²) in [5.41, 5.74) is 10.5. The van der Waals surface area contributed by atoms with Crippen LogP contribution in [0.3, 0.4) is 0 Å². The Morgan fingerprint density at radius 1 is 1.20 bits per heavy atom. The number of nitrogens with zero attached hydrogens (tertiary/aromatic N) is 2. The first-order chi connectivity index (χ1) is 9.47. The third-order valence-electron chi connectivity index (χ3n) is 3.32. The first-order valence-corrected chi connectivity index (χ1v) is 6.97. The minimum Gasteiger partial charge on any atom is -0.369 e. The number of halogens is 2. The molecule has 102 valence electrons. The number of hydrogen-bond acceptors (Lipinski definition) is 2. The van der Waals surface area contributed by atoms with Crippen LogP contribution in [0, 0.1) is 19.7 Å². The maximum Gasteiger partial charge on any atom is 0.205 e. The van der Waals surface area contributed by atoms with Crippen molar-refractivity contribution in [3.63, 3.8) is 0 Å². The van der Waals surface area contributed by atoms with Gasteiger partial charge in [0, 0.05) is 0 Å². The van der Waals surface area contributed by atoms with E-state index < -0.39 is 0 Å². The van der Waals surface area contributed by atoms with Crippen molar-refractivity contribution in [1.29, 1.82) is 0 Å². The molecule has 0 spiro atoms. The topological polar surface area (TPSA) is 43.8 Å². The highest BCUT2D eigenvalue weighted by Gasteiger charge is 2.14. The normalized spacial score (nSPS) is 11.2. The highest BCUT2D eigenvalue weighted by Crippen LogP contribution is 2.29. The van der Waals surface area contributed by atoms with Crippen LogP contribution in [-0.2, 0) is 0 Å². The van der Waals surface area contributed by atoms with Crippen molar-refractivity contribution in [1.82, 2.24) is 9.55 Å². The molecule has 3 nitrogen and oxygen atoms in total. The summed E-state index contributed by atoms with van der Waals surface area (Å²) in [5.74, 6) is 0.109. The van der Waals surface area contributed by atoms with Crippen LogP contribution in [0.4, 0.5) is 10.3 Å². The first kappa shape index (κ1) is 13.1. The van der Waals surface area contributed by atoms with Gasteiger partial charge >= 0.3 is 0 Å². The summed E-state index contributed by atoms with van der Waals surface area (Å²) >= 11 is 3.22. The van der Waals surface area contributed by atoms with Crippen molar-refractivity contribution in [3.8, 4) is 5.69 Å². The van der Waals surface area contributed by atoms with E-state index in [9.17, 15) is 4.39 Å². The van der Waals surface area contributed by atoms with Crippen LogP contribution >= 0.6 is 15.9 Å². The molecule has 0 radical (unpaired) electrons. The number of nitrogen functional groups attached to an aromatic ring is 1.